The van der Waals surface area contributed by atoms with Gasteiger partial charge < -0.3 is 5.32 Å². The number of hydrogen-bond acceptors (Lipinski definition) is 6. The lowest BCUT2D eigenvalue weighted by atomic mass is 10.1. The van der Waals surface area contributed by atoms with E-state index in [9.17, 15) is 9.18 Å². The molecule has 164 valence electrons. The van der Waals surface area contributed by atoms with E-state index in [0.29, 0.717) is 41.9 Å². The monoisotopic (exact) mass is 433 g/mol. The number of aromatic nitrogens is 3. The average molecular weight is 433 g/mol. The number of guanidine groups is 1. The molecule has 0 spiro atoms. The number of nitrogens with one attached hydrogen (secondary N) is 1. The van der Waals surface area contributed by atoms with Gasteiger partial charge in [0, 0.05) is 24.6 Å². The summed E-state index contributed by atoms with van der Waals surface area (Å²) in [7, 11) is 1.72. The van der Waals surface area contributed by atoms with Gasteiger partial charge in [0.2, 0.25) is 5.96 Å². The Hall–Kier alpha value is -3.75. The van der Waals surface area contributed by atoms with Gasteiger partial charge in [0.1, 0.15) is 17.2 Å². The van der Waals surface area contributed by atoms with Gasteiger partial charge >= 0.3 is 0 Å². The Morgan fingerprint density at radius 3 is 2.59 bits per heavy atom. The van der Waals surface area contributed by atoms with Gasteiger partial charge in [0.15, 0.2) is 5.82 Å². The minimum atomic E-state index is -0.333. The van der Waals surface area contributed by atoms with E-state index >= 15 is 0 Å². The van der Waals surface area contributed by atoms with Crippen molar-refractivity contribution in [3.63, 3.8) is 0 Å². The predicted octanol–water partition coefficient (Wildman–Crippen LogP) is 3.56. The number of carbonyl (C=O) groups excluding carboxylic acids is 1. The van der Waals surface area contributed by atoms with Crippen molar-refractivity contribution < 1.29 is 9.18 Å². The third kappa shape index (κ3) is 3.39. The van der Waals surface area contributed by atoms with Crippen LogP contribution >= 0.6 is 0 Å². The summed E-state index contributed by atoms with van der Waals surface area (Å²) < 4.78 is 15.2. The lowest BCUT2D eigenvalue weighted by Crippen LogP contribution is -2.48. The maximum absolute atomic E-state index is 13.4. The van der Waals surface area contributed by atoms with Crippen LogP contribution in [0.5, 0.6) is 0 Å². The van der Waals surface area contributed by atoms with Crippen LogP contribution in [0.3, 0.4) is 0 Å². The van der Waals surface area contributed by atoms with Crippen LogP contribution in [0, 0.1) is 12.7 Å². The van der Waals surface area contributed by atoms with E-state index in [1.165, 1.54) is 12.1 Å². The molecule has 2 aromatic heterocycles. The number of fused-ring (bicyclic) bond motifs is 3. The number of halogens is 1. The van der Waals surface area contributed by atoms with E-state index in [1.54, 1.807) is 35.0 Å². The fourth-order valence-corrected chi connectivity index (χ4v) is 4.02. The van der Waals surface area contributed by atoms with Gasteiger partial charge in [-0.05, 0) is 56.7 Å². The number of anilines is 3. The van der Waals surface area contributed by atoms with Crippen LogP contribution in [0.1, 0.15) is 35.5 Å². The Morgan fingerprint density at radius 1 is 1.16 bits per heavy atom. The van der Waals surface area contributed by atoms with E-state index < -0.39 is 0 Å². The summed E-state index contributed by atoms with van der Waals surface area (Å²) in [6.07, 6.45) is 1.80. The zero-order chi connectivity index (χ0) is 22.6. The molecule has 2 aliphatic rings. The molecule has 4 heterocycles. The van der Waals surface area contributed by atoms with E-state index in [0.717, 1.165) is 11.3 Å². The number of aryl methyl sites for hydroxylation is 1. The number of rotatable bonds is 4. The lowest BCUT2D eigenvalue weighted by molar-refractivity contribution is 0.0866. The maximum atomic E-state index is 13.4. The number of nitrogens with zero attached hydrogens (tertiary/aromatic N) is 6. The summed E-state index contributed by atoms with van der Waals surface area (Å²) in [5.74, 6) is 1.20. The quantitative estimate of drug-likeness (QED) is 0.681. The Bertz CT molecular complexity index is 1230. The molecule has 0 atom stereocenters. The molecule has 3 aromatic rings. The molecule has 0 saturated heterocycles. The van der Waals surface area contributed by atoms with Crippen molar-refractivity contribution in [1.29, 1.82) is 0 Å². The zero-order valence-corrected chi connectivity index (χ0v) is 18.4. The number of carbonyl (C=O) groups is 1. The highest BCUT2D eigenvalue weighted by molar-refractivity contribution is 6.20. The number of hydrogen-bond donors (Lipinski definition) is 1. The molecule has 1 amide bonds. The van der Waals surface area contributed by atoms with Crippen LogP contribution in [0.4, 0.5) is 21.7 Å². The van der Waals surface area contributed by atoms with E-state index in [-0.39, 0.29) is 17.3 Å². The van der Waals surface area contributed by atoms with Gasteiger partial charge in [-0.15, -0.1) is 0 Å². The van der Waals surface area contributed by atoms with E-state index in [2.05, 4.69) is 10.3 Å². The molecule has 32 heavy (non-hydrogen) atoms. The van der Waals surface area contributed by atoms with Gasteiger partial charge in [-0.2, -0.15) is 5.10 Å². The molecule has 0 bridgehead atoms. The van der Waals surface area contributed by atoms with Gasteiger partial charge in [-0.1, -0.05) is 6.07 Å². The van der Waals surface area contributed by atoms with Crippen molar-refractivity contribution in [3.05, 3.63) is 65.2 Å². The number of pyridine rings is 1. The lowest BCUT2D eigenvalue weighted by Gasteiger charge is -2.30. The molecular weight excluding hydrogens is 409 g/mol. The summed E-state index contributed by atoms with van der Waals surface area (Å²) in [6.45, 7) is 7.03. The van der Waals surface area contributed by atoms with Gasteiger partial charge in [-0.3, -0.25) is 19.6 Å². The summed E-state index contributed by atoms with van der Waals surface area (Å²) in [4.78, 5) is 26.0. The first kappa shape index (κ1) is 20.2. The highest BCUT2D eigenvalue weighted by atomic mass is 19.1. The van der Waals surface area contributed by atoms with Crippen molar-refractivity contribution in [1.82, 2.24) is 19.7 Å². The predicted molar refractivity (Wildman–Crippen MR) is 121 cm³/mol. The molecule has 1 aromatic carbocycles. The third-order valence-electron chi connectivity index (χ3n) is 5.61. The fraction of sp³-hybridized carbons (Fsp3) is 0.304. The maximum Gasteiger partial charge on any atom is 0.267 e. The van der Waals surface area contributed by atoms with Crippen molar-refractivity contribution in [2.75, 3.05) is 23.8 Å². The third-order valence-corrected chi connectivity index (χ3v) is 5.61. The summed E-state index contributed by atoms with van der Waals surface area (Å²) in [6, 6.07) is 9.95. The summed E-state index contributed by atoms with van der Waals surface area (Å²) in [5, 5.41) is 8.12. The molecule has 0 unspecified atom stereocenters. The topological polar surface area (TPSA) is 78.7 Å². The molecular formula is C23H24FN7O. The highest BCUT2D eigenvalue weighted by Gasteiger charge is 2.45. The van der Waals surface area contributed by atoms with Crippen LogP contribution in [-0.4, -0.2) is 50.7 Å². The Morgan fingerprint density at radius 2 is 1.91 bits per heavy atom. The second-order valence-electron chi connectivity index (χ2n) is 8.82. The number of amides is 1. The Labute approximate surface area is 185 Å². The van der Waals surface area contributed by atoms with Gasteiger partial charge in [-0.25, -0.2) is 14.1 Å². The van der Waals surface area contributed by atoms with Crippen molar-refractivity contribution in [2.45, 2.75) is 32.9 Å². The minimum Gasteiger partial charge on any atom is -0.340 e. The van der Waals surface area contributed by atoms with Crippen molar-refractivity contribution in [3.8, 4) is 0 Å². The first-order valence-electron chi connectivity index (χ1n) is 10.4. The molecule has 0 aliphatic carbocycles. The molecule has 0 fully saturated rings. The first-order chi connectivity index (χ1) is 15.2. The van der Waals surface area contributed by atoms with Crippen molar-refractivity contribution >= 4 is 29.2 Å². The van der Waals surface area contributed by atoms with Crippen molar-refractivity contribution in [2.24, 2.45) is 4.99 Å². The largest absolute Gasteiger partial charge is 0.340 e. The zero-order valence-electron chi connectivity index (χ0n) is 18.4. The first-order valence-corrected chi connectivity index (χ1v) is 10.4. The van der Waals surface area contributed by atoms with E-state index in [1.807, 2.05) is 37.8 Å². The Kier molecular flexibility index (Phi) is 4.51. The summed E-state index contributed by atoms with van der Waals surface area (Å²) >= 11 is 0. The second kappa shape index (κ2) is 7.15. The standard InChI is InChI=1S/C23H24FN7O/c1-14-5-6-15(11-25-14)12-31-19(26-17-9-7-16(24)8-10-17)18-20(28-31)30-13-23(2,3)27-22(30)29(4)21(18)32/h5-11,26H,12-13H2,1-4H3. The molecule has 0 saturated carbocycles. The van der Waals surface area contributed by atoms with Crippen LogP contribution in [0.25, 0.3) is 0 Å². The molecule has 9 heteroatoms. The highest BCUT2D eigenvalue weighted by Crippen LogP contribution is 2.38. The molecule has 5 rings (SSSR count). The Balaban J connectivity index is 1.63. The minimum absolute atomic E-state index is 0.189. The van der Waals surface area contributed by atoms with Crippen LogP contribution in [-0.2, 0) is 6.54 Å². The molecule has 2 aliphatic heterocycles. The average Bonchev–Trinajstić information content (AvgIpc) is 3.27. The normalized spacial score (nSPS) is 16.7. The molecule has 0 radical (unpaired) electrons. The smallest absolute Gasteiger partial charge is 0.267 e. The fourth-order valence-electron chi connectivity index (χ4n) is 4.02. The SMILES string of the molecule is Cc1ccc(Cn2nc3c(c2Nc2ccc(F)cc2)C(=O)N(C)C2=NC(C)(C)CN23)cn1. The van der Waals surface area contributed by atoms with Crippen LogP contribution < -0.4 is 10.2 Å². The number of aliphatic imine (C=N–C) groups is 1. The van der Waals surface area contributed by atoms with Crippen LogP contribution in [0.15, 0.2) is 47.6 Å². The summed E-state index contributed by atoms with van der Waals surface area (Å²) in [5.41, 5.74) is 2.67. The second-order valence-corrected chi connectivity index (χ2v) is 8.82. The number of benzene rings is 1. The van der Waals surface area contributed by atoms with Crippen LogP contribution in [0.2, 0.25) is 0 Å². The van der Waals surface area contributed by atoms with Gasteiger partial charge in [0.05, 0.1) is 18.6 Å². The molecule has 1 N–H and O–H groups in total. The van der Waals surface area contributed by atoms with E-state index in [4.69, 9.17) is 10.1 Å². The molecule has 8 nitrogen and oxygen atoms in total. The van der Waals surface area contributed by atoms with Gasteiger partial charge in [0.25, 0.3) is 5.91 Å².